The number of urea groups is 1. The van der Waals surface area contributed by atoms with E-state index in [4.69, 9.17) is 24.1 Å². The minimum Gasteiger partial charge on any atom is -0.460 e. The molecule has 236 valence electrons. The van der Waals surface area contributed by atoms with Gasteiger partial charge in [0.05, 0.1) is 31.5 Å². The largest absolute Gasteiger partial charge is 0.460 e. The molecule has 4 aromatic rings. The highest BCUT2D eigenvalue weighted by Gasteiger charge is 2.37. The Labute approximate surface area is 259 Å². The van der Waals surface area contributed by atoms with Crippen LogP contribution in [-0.2, 0) is 14.3 Å². The standard InChI is InChI=1S/C31H35FN8O5/c1-20-27(22-17-34-31(35-18-22)44-24-9-13-43-14-10-24)38-40(23-6-4-3-5-7-23)29(20)37-30(41)36-25-19-39(12-15-42-2)45-28(25)21-8-11-33-26(32)16-21/h3-8,11,16-18,24-25,28H,9-10,12-15,19H2,1-2H3,(H2,36,37,41)/t25-,28+/m1/s1. The average molecular weight is 619 g/mol. The van der Waals surface area contributed by atoms with Gasteiger partial charge in [-0.15, -0.1) is 0 Å². The number of carbonyl (C=O) groups excluding carboxylic acids is 1. The molecule has 5 heterocycles. The van der Waals surface area contributed by atoms with Crippen LogP contribution in [-0.4, -0.2) is 88.0 Å². The fraction of sp³-hybridized carbons (Fsp3) is 0.387. The van der Waals surface area contributed by atoms with Crippen LogP contribution >= 0.6 is 0 Å². The van der Waals surface area contributed by atoms with Gasteiger partial charge in [0.1, 0.15) is 23.7 Å². The number of halogens is 1. The molecule has 0 bridgehead atoms. The molecular formula is C31H35FN8O5. The van der Waals surface area contributed by atoms with E-state index in [9.17, 15) is 9.18 Å². The Hall–Kier alpha value is -4.50. The monoisotopic (exact) mass is 618 g/mol. The van der Waals surface area contributed by atoms with Crippen LogP contribution in [0.1, 0.15) is 30.1 Å². The summed E-state index contributed by atoms with van der Waals surface area (Å²) in [6.45, 7) is 4.46. The Morgan fingerprint density at radius 1 is 1.11 bits per heavy atom. The molecule has 2 aliphatic heterocycles. The first-order valence-corrected chi connectivity index (χ1v) is 14.8. The molecule has 13 nitrogen and oxygen atoms in total. The minimum atomic E-state index is -0.628. The molecule has 0 radical (unpaired) electrons. The number of nitrogens with one attached hydrogen (secondary N) is 2. The zero-order chi connectivity index (χ0) is 31.2. The summed E-state index contributed by atoms with van der Waals surface area (Å²) in [6.07, 6.45) is 5.69. The van der Waals surface area contributed by atoms with Crippen LogP contribution in [0.25, 0.3) is 16.9 Å². The number of aromatic nitrogens is 5. The van der Waals surface area contributed by atoms with E-state index in [0.29, 0.717) is 67.1 Å². The topological polar surface area (TPSA) is 138 Å². The van der Waals surface area contributed by atoms with E-state index < -0.39 is 24.1 Å². The molecule has 2 saturated heterocycles. The van der Waals surface area contributed by atoms with E-state index in [0.717, 1.165) is 18.5 Å². The lowest BCUT2D eigenvalue weighted by Crippen LogP contribution is -2.42. The lowest BCUT2D eigenvalue weighted by molar-refractivity contribution is -0.154. The number of hydrogen-bond donors (Lipinski definition) is 2. The summed E-state index contributed by atoms with van der Waals surface area (Å²) in [4.78, 5) is 32.1. The molecular weight excluding hydrogens is 583 g/mol. The molecule has 0 saturated carbocycles. The SMILES string of the molecule is COCCN1C[C@@H](NC(=O)Nc2c(C)c(-c3cnc(OC4CCOCC4)nc3)nn2-c2ccccc2)[C@H](c2ccnc(F)c2)O1. The maximum Gasteiger partial charge on any atom is 0.320 e. The summed E-state index contributed by atoms with van der Waals surface area (Å²) in [5.74, 6) is -0.158. The van der Waals surface area contributed by atoms with E-state index in [2.05, 4.69) is 25.6 Å². The van der Waals surface area contributed by atoms with E-state index in [-0.39, 0.29) is 6.10 Å². The molecule has 0 unspecified atom stereocenters. The van der Waals surface area contributed by atoms with Crippen molar-refractivity contribution in [3.63, 3.8) is 0 Å². The highest BCUT2D eigenvalue weighted by Crippen LogP contribution is 2.32. The van der Waals surface area contributed by atoms with Crippen LogP contribution in [0.5, 0.6) is 6.01 Å². The molecule has 0 spiro atoms. The Morgan fingerprint density at radius 2 is 1.89 bits per heavy atom. The van der Waals surface area contributed by atoms with E-state index in [1.807, 2.05) is 37.3 Å². The summed E-state index contributed by atoms with van der Waals surface area (Å²) in [5, 5.41) is 12.5. The Morgan fingerprint density at radius 3 is 2.62 bits per heavy atom. The molecule has 1 aromatic carbocycles. The number of ether oxygens (including phenoxy) is 3. The van der Waals surface area contributed by atoms with Crippen LogP contribution in [0.15, 0.2) is 61.1 Å². The maximum absolute atomic E-state index is 14.0. The third-order valence-electron chi connectivity index (χ3n) is 7.67. The van der Waals surface area contributed by atoms with Crippen LogP contribution < -0.4 is 15.4 Å². The highest BCUT2D eigenvalue weighted by atomic mass is 19.1. The van der Waals surface area contributed by atoms with Gasteiger partial charge in [0.2, 0.25) is 5.95 Å². The normalized spacial score (nSPS) is 19.0. The fourth-order valence-electron chi connectivity index (χ4n) is 5.37. The molecule has 3 aromatic heterocycles. The van der Waals surface area contributed by atoms with Gasteiger partial charge < -0.3 is 19.5 Å². The number of para-hydroxylation sites is 1. The predicted octanol–water partition coefficient (Wildman–Crippen LogP) is 3.85. The molecule has 6 rings (SSSR count). The van der Waals surface area contributed by atoms with Crippen LogP contribution in [0.3, 0.4) is 0 Å². The number of carbonyl (C=O) groups is 1. The fourth-order valence-corrected chi connectivity index (χ4v) is 5.37. The summed E-state index contributed by atoms with van der Waals surface area (Å²) < 4.78 is 32.2. The molecule has 2 N–H and O–H groups in total. The summed E-state index contributed by atoms with van der Waals surface area (Å²) >= 11 is 0. The number of benzene rings is 1. The predicted molar refractivity (Wildman–Crippen MR) is 161 cm³/mol. The average Bonchev–Trinajstić information content (AvgIpc) is 3.61. The van der Waals surface area contributed by atoms with Gasteiger partial charge in [0.15, 0.2) is 0 Å². The Balaban J connectivity index is 1.23. The molecule has 14 heteroatoms. The number of rotatable bonds is 10. The first-order valence-electron chi connectivity index (χ1n) is 14.8. The quantitative estimate of drug-likeness (QED) is 0.252. The lowest BCUT2D eigenvalue weighted by atomic mass is 10.0. The van der Waals surface area contributed by atoms with Gasteiger partial charge in [-0.3, -0.25) is 10.2 Å². The first-order chi connectivity index (χ1) is 22.0. The van der Waals surface area contributed by atoms with Crippen molar-refractivity contribution < 1.29 is 28.2 Å². The van der Waals surface area contributed by atoms with Crippen molar-refractivity contribution in [2.24, 2.45) is 0 Å². The van der Waals surface area contributed by atoms with Crippen LogP contribution in [0, 0.1) is 12.9 Å². The first kappa shape index (κ1) is 30.5. The second kappa shape index (κ2) is 14.1. The molecule has 2 amide bonds. The van der Waals surface area contributed by atoms with Gasteiger partial charge in [-0.2, -0.15) is 14.6 Å². The zero-order valence-electron chi connectivity index (χ0n) is 25.1. The molecule has 2 aliphatic rings. The Kier molecular flexibility index (Phi) is 9.55. The lowest BCUT2D eigenvalue weighted by Gasteiger charge is -2.21. The second-order valence-corrected chi connectivity index (χ2v) is 10.8. The summed E-state index contributed by atoms with van der Waals surface area (Å²) in [7, 11) is 1.60. The van der Waals surface area contributed by atoms with Crippen molar-refractivity contribution in [2.75, 3.05) is 45.3 Å². The maximum atomic E-state index is 14.0. The Bertz CT molecular complexity index is 1580. The van der Waals surface area contributed by atoms with Crippen molar-refractivity contribution >= 4 is 11.8 Å². The van der Waals surface area contributed by atoms with Crippen molar-refractivity contribution in [1.29, 1.82) is 0 Å². The van der Waals surface area contributed by atoms with Gasteiger partial charge in [0.25, 0.3) is 0 Å². The van der Waals surface area contributed by atoms with Crippen molar-refractivity contribution in [3.8, 4) is 23.0 Å². The zero-order valence-corrected chi connectivity index (χ0v) is 25.1. The number of hydrogen-bond acceptors (Lipinski definition) is 10. The smallest absolute Gasteiger partial charge is 0.320 e. The second-order valence-electron chi connectivity index (χ2n) is 10.8. The minimum absolute atomic E-state index is 0.0208. The molecule has 45 heavy (non-hydrogen) atoms. The third-order valence-corrected chi connectivity index (χ3v) is 7.67. The van der Waals surface area contributed by atoms with Gasteiger partial charge >= 0.3 is 12.0 Å². The van der Waals surface area contributed by atoms with Gasteiger partial charge in [-0.25, -0.2) is 24.4 Å². The van der Waals surface area contributed by atoms with Crippen LogP contribution in [0.4, 0.5) is 15.0 Å². The number of amides is 2. The van der Waals surface area contributed by atoms with Crippen molar-refractivity contribution in [1.82, 2.24) is 35.1 Å². The van der Waals surface area contributed by atoms with Crippen molar-refractivity contribution in [3.05, 3.63) is 78.1 Å². The van der Waals surface area contributed by atoms with E-state index in [1.54, 1.807) is 35.3 Å². The number of hydroxylamine groups is 2. The summed E-state index contributed by atoms with van der Waals surface area (Å²) in [5.41, 5.74) is 3.30. The molecule has 2 atom stereocenters. The van der Waals surface area contributed by atoms with E-state index >= 15 is 0 Å². The molecule has 0 aliphatic carbocycles. The highest BCUT2D eigenvalue weighted by molar-refractivity contribution is 5.91. The number of pyridine rings is 1. The van der Waals surface area contributed by atoms with Crippen molar-refractivity contribution in [2.45, 2.75) is 38.0 Å². The molecule has 2 fully saturated rings. The number of anilines is 1. The number of methoxy groups -OCH3 is 1. The third kappa shape index (κ3) is 7.26. The van der Waals surface area contributed by atoms with Crippen LogP contribution in [0.2, 0.25) is 0 Å². The van der Waals surface area contributed by atoms with Gasteiger partial charge in [-0.05, 0) is 36.8 Å². The van der Waals surface area contributed by atoms with Gasteiger partial charge in [0, 0.05) is 62.8 Å². The number of nitrogens with zero attached hydrogens (tertiary/aromatic N) is 6. The summed E-state index contributed by atoms with van der Waals surface area (Å²) in [6, 6.07) is 11.8. The van der Waals surface area contributed by atoms with Gasteiger partial charge in [-0.1, -0.05) is 18.2 Å². The van der Waals surface area contributed by atoms with E-state index in [1.165, 1.54) is 12.3 Å².